The third-order valence-electron chi connectivity index (χ3n) is 6.54. The lowest BCUT2D eigenvalue weighted by Crippen LogP contribution is -2.46. The smallest absolute Gasteiger partial charge is 0.433 e. The molecule has 2 aromatic heterocycles. The molecule has 1 saturated heterocycles. The third-order valence-corrected chi connectivity index (χ3v) is 6.54. The maximum absolute atomic E-state index is 14.0. The van der Waals surface area contributed by atoms with Gasteiger partial charge in [-0.05, 0) is 65.8 Å². The standard InChI is InChI=1S/C29H37F3N4O6/c1-27(2,3)41-15-12-18(26(38)42-28(4,5)6)36(14-15)25(37)23-20(13-33)40-24(35-23)17-8-10-19(39-7)22-16(17)9-11-21(34-22)29(30,31)32/h8-11,15,18,26,38H,12-14,33H2,1-7H3/t15?,18-,26?/m0/s1. The van der Waals surface area contributed by atoms with Crippen LogP contribution in [0.1, 0.15) is 69.9 Å². The first-order chi connectivity index (χ1) is 19.4. The molecule has 1 aliphatic rings. The Labute approximate surface area is 241 Å². The molecule has 42 heavy (non-hydrogen) atoms. The normalized spacial score (nSPS) is 19.0. The van der Waals surface area contributed by atoms with E-state index >= 15 is 0 Å². The summed E-state index contributed by atoms with van der Waals surface area (Å²) in [5, 5.41) is 11.3. The highest BCUT2D eigenvalue weighted by atomic mass is 19.4. The number of rotatable bonds is 7. The maximum Gasteiger partial charge on any atom is 0.433 e. The fraction of sp³-hybridized carbons (Fsp3) is 0.552. The molecule has 0 radical (unpaired) electrons. The summed E-state index contributed by atoms with van der Waals surface area (Å²) in [5.74, 6) is -0.386. The average molecular weight is 595 g/mol. The minimum Gasteiger partial charge on any atom is -0.494 e. The van der Waals surface area contributed by atoms with E-state index in [0.717, 1.165) is 6.07 Å². The minimum absolute atomic E-state index is 0.0299. The summed E-state index contributed by atoms with van der Waals surface area (Å²) in [6, 6.07) is 4.36. The Hall–Kier alpha value is -3.26. The molecule has 4 rings (SSSR count). The van der Waals surface area contributed by atoms with Gasteiger partial charge in [0, 0.05) is 23.9 Å². The van der Waals surface area contributed by atoms with Crippen molar-refractivity contribution in [3.05, 3.63) is 41.4 Å². The van der Waals surface area contributed by atoms with Crippen LogP contribution in [0.15, 0.2) is 28.7 Å². The van der Waals surface area contributed by atoms with E-state index in [2.05, 4.69) is 9.97 Å². The number of hydrogen-bond acceptors (Lipinski definition) is 9. The molecule has 3 N–H and O–H groups in total. The van der Waals surface area contributed by atoms with E-state index in [9.17, 15) is 23.1 Å². The summed E-state index contributed by atoms with van der Waals surface area (Å²) >= 11 is 0. The van der Waals surface area contributed by atoms with Crippen molar-refractivity contribution in [1.29, 1.82) is 0 Å². The van der Waals surface area contributed by atoms with Gasteiger partial charge >= 0.3 is 6.18 Å². The van der Waals surface area contributed by atoms with Crippen LogP contribution in [-0.4, -0.2) is 69.2 Å². The van der Waals surface area contributed by atoms with E-state index in [-0.39, 0.29) is 53.2 Å². The minimum atomic E-state index is -4.66. The maximum atomic E-state index is 14.0. The monoisotopic (exact) mass is 594 g/mol. The van der Waals surface area contributed by atoms with Gasteiger partial charge < -0.3 is 34.4 Å². The number of oxazole rings is 1. The largest absolute Gasteiger partial charge is 0.494 e. The highest BCUT2D eigenvalue weighted by molar-refractivity contribution is 5.98. The Morgan fingerprint density at radius 1 is 1.12 bits per heavy atom. The Bertz CT molecular complexity index is 1440. The van der Waals surface area contributed by atoms with Crippen molar-refractivity contribution in [3.63, 3.8) is 0 Å². The number of aliphatic hydroxyl groups is 1. The number of alkyl halides is 3. The average Bonchev–Trinajstić information content (AvgIpc) is 3.49. The Kier molecular flexibility index (Phi) is 8.62. The van der Waals surface area contributed by atoms with Crippen molar-refractivity contribution >= 4 is 16.8 Å². The zero-order valence-corrected chi connectivity index (χ0v) is 24.7. The van der Waals surface area contributed by atoms with Gasteiger partial charge in [0.15, 0.2) is 17.7 Å². The zero-order chi connectivity index (χ0) is 31.2. The number of likely N-dealkylation sites (tertiary alicyclic amines) is 1. The second-order valence-corrected chi connectivity index (χ2v) is 12.1. The van der Waals surface area contributed by atoms with Gasteiger partial charge in [-0.3, -0.25) is 4.79 Å². The van der Waals surface area contributed by atoms with Crippen LogP contribution >= 0.6 is 0 Å². The van der Waals surface area contributed by atoms with Crippen LogP contribution < -0.4 is 10.5 Å². The molecule has 0 aliphatic carbocycles. The number of nitrogens with two attached hydrogens (primary N) is 1. The van der Waals surface area contributed by atoms with Gasteiger partial charge in [-0.2, -0.15) is 13.2 Å². The molecular formula is C29H37F3N4O6. The first-order valence-corrected chi connectivity index (χ1v) is 13.5. The number of hydrogen-bond donors (Lipinski definition) is 2. The number of methoxy groups -OCH3 is 1. The number of aromatic nitrogens is 2. The number of amides is 1. The van der Waals surface area contributed by atoms with Crippen LogP contribution in [0.5, 0.6) is 5.75 Å². The van der Waals surface area contributed by atoms with Gasteiger partial charge in [0.1, 0.15) is 17.0 Å². The molecule has 3 heterocycles. The fourth-order valence-corrected chi connectivity index (χ4v) is 4.97. The van der Waals surface area contributed by atoms with Gasteiger partial charge in [0.05, 0.1) is 37.0 Å². The summed E-state index contributed by atoms with van der Waals surface area (Å²) in [6.07, 6.45) is -6.04. The van der Waals surface area contributed by atoms with E-state index in [1.165, 1.54) is 24.1 Å². The molecule has 0 bridgehead atoms. The van der Waals surface area contributed by atoms with E-state index in [1.807, 2.05) is 20.8 Å². The molecule has 13 heteroatoms. The topological polar surface area (TPSA) is 133 Å². The molecule has 3 atom stereocenters. The summed E-state index contributed by atoms with van der Waals surface area (Å²) in [7, 11) is 1.33. The van der Waals surface area contributed by atoms with E-state index in [4.69, 9.17) is 24.4 Å². The lowest BCUT2D eigenvalue weighted by molar-refractivity contribution is -0.189. The highest BCUT2D eigenvalue weighted by Crippen LogP contribution is 2.38. The molecule has 0 saturated carbocycles. The summed E-state index contributed by atoms with van der Waals surface area (Å²) < 4.78 is 63.2. The van der Waals surface area contributed by atoms with Crippen LogP contribution in [0.25, 0.3) is 22.4 Å². The number of carbonyl (C=O) groups is 1. The lowest BCUT2D eigenvalue weighted by Gasteiger charge is -2.32. The van der Waals surface area contributed by atoms with Crippen LogP contribution in [-0.2, 0) is 22.2 Å². The van der Waals surface area contributed by atoms with Gasteiger partial charge in [-0.15, -0.1) is 0 Å². The predicted octanol–water partition coefficient (Wildman–Crippen LogP) is 4.91. The SMILES string of the molecule is COc1ccc(-c2nc(C(=O)N3CC(OC(C)(C)C)C[C@H]3C(O)OC(C)(C)C)c(CN)o2)c2ccc(C(F)(F)F)nc12. The number of nitrogens with zero attached hydrogens (tertiary/aromatic N) is 3. The summed E-state index contributed by atoms with van der Waals surface area (Å²) in [6.45, 7) is 11.1. The first kappa shape index (κ1) is 31.7. The van der Waals surface area contributed by atoms with Crippen molar-refractivity contribution in [3.8, 4) is 17.2 Å². The molecule has 10 nitrogen and oxygen atoms in total. The molecular weight excluding hydrogens is 557 g/mol. The number of carbonyl (C=O) groups excluding carboxylic acids is 1. The van der Waals surface area contributed by atoms with Gasteiger partial charge in [-0.1, -0.05) is 0 Å². The molecule has 1 fully saturated rings. The van der Waals surface area contributed by atoms with E-state index < -0.39 is 41.3 Å². The lowest BCUT2D eigenvalue weighted by atomic mass is 10.1. The third kappa shape index (κ3) is 6.86. The first-order valence-electron chi connectivity index (χ1n) is 13.5. The number of halogens is 3. The summed E-state index contributed by atoms with van der Waals surface area (Å²) in [5.41, 5.74) is 3.83. The van der Waals surface area contributed by atoms with E-state index in [1.54, 1.807) is 26.8 Å². The molecule has 1 amide bonds. The highest BCUT2D eigenvalue weighted by Gasteiger charge is 2.44. The number of aliphatic hydroxyl groups excluding tert-OH is 1. The second-order valence-electron chi connectivity index (χ2n) is 12.1. The van der Waals surface area contributed by atoms with Crippen molar-refractivity contribution < 1.29 is 41.7 Å². The Morgan fingerprint density at radius 3 is 2.38 bits per heavy atom. The molecule has 0 spiro atoms. The van der Waals surface area contributed by atoms with Crippen molar-refractivity contribution in [1.82, 2.24) is 14.9 Å². The van der Waals surface area contributed by atoms with Crippen molar-refractivity contribution in [2.45, 2.75) is 90.3 Å². The molecule has 1 aliphatic heterocycles. The van der Waals surface area contributed by atoms with Crippen LogP contribution in [0.2, 0.25) is 0 Å². The molecule has 1 aromatic carbocycles. The van der Waals surface area contributed by atoms with Crippen molar-refractivity contribution in [2.75, 3.05) is 13.7 Å². The zero-order valence-electron chi connectivity index (χ0n) is 24.7. The number of pyridine rings is 1. The summed E-state index contributed by atoms with van der Waals surface area (Å²) in [4.78, 5) is 23.6. The van der Waals surface area contributed by atoms with Gasteiger partial charge in [-0.25, -0.2) is 9.97 Å². The second kappa shape index (κ2) is 11.4. The molecule has 3 aromatic rings. The van der Waals surface area contributed by atoms with Crippen LogP contribution in [0.3, 0.4) is 0 Å². The number of benzene rings is 1. The Balaban J connectivity index is 1.75. The predicted molar refractivity (Wildman–Crippen MR) is 148 cm³/mol. The number of fused-ring (bicyclic) bond motifs is 1. The molecule has 230 valence electrons. The fourth-order valence-electron chi connectivity index (χ4n) is 4.97. The van der Waals surface area contributed by atoms with Gasteiger partial charge in [0.2, 0.25) is 5.89 Å². The van der Waals surface area contributed by atoms with Crippen molar-refractivity contribution in [2.24, 2.45) is 5.73 Å². The Morgan fingerprint density at radius 2 is 1.81 bits per heavy atom. The van der Waals surface area contributed by atoms with Crippen LogP contribution in [0.4, 0.5) is 13.2 Å². The molecule has 2 unspecified atom stereocenters. The number of ether oxygens (including phenoxy) is 3. The van der Waals surface area contributed by atoms with Gasteiger partial charge in [0.25, 0.3) is 5.91 Å². The quantitative estimate of drug-likeness (QED) is 0.366. The van der Waals surface area contributed by atoms with Crippen LogP contribution in [0, 0.1) is 0 Å². The van der Waals surface area contributed by atoms with E-state index in [0.29, 0.717) is 12.0 Å².